The number of hydrogen-bond donors (Lipinski definition) is 2. The molecule has 0 heterocycles. The molecule has 0 aliphatic carbocycles. The number of sulfonamides is 1. The molecule has 2 rings (SSSR count). The van der Waals surface area contributed by atoms with Crippen LogP contribution >= 0.6 is 0 Å². The predicted octanol–water partition coefficient (Wildman–Crippen LogP) is 3.04. The van der Waals surface area contributed by atoms with Crippen LogP contribution in [0.5, 0.6) is 0 Å². The van der Waals surface area contributed by atoms with E-state index in [9.17, 15) is 22.4 Å². The molecule has 0 saturated heterocycles. The summed E-state index contributed by atoms with van der Waals surface area (Å²) in [7, 11) is -3.83. The van der Waals surface area contributed by atoms with Crippen LogP contribution in [0, 0.1) is 11.7 Å². The molecule has 1 atom stereocenters. The number of amides is 1. The van der Waals surface area contributed by atoms with Crippen molar-refractivity contribution in [3.8, 4) is 0 Å². The van der Waals surface area contributed by atoms with Gasteiger partial charge in [-0.15, -0.1) is 0 Å². The first-order valence-corrected chi connectivity index (χ1v) is 9.49. The third-order valence-corrected chi connectivity index (χ3v) is 5.06. The number of rotatable bonds is 7. The van der Waals surface area contributed by atoms with E-state index in [0.29, 0.717) is 11.3 Å². The van der Waals surface area contributed by atoms with Crippen LogP contribution in [0.4, 0.5) is 15.8 Å². The van der Waals surface area contributed by atoms with Crippen LogP contribution < -0.4 is 10.0 Å². The highest BCUT2D eigenvalue weighted by Crippen LogP contribution is 2.15. The first-order chi connectivity index (χ1) is 12.2. The highest BCUT2D eigenvalue weighted by atomic mass is 32.2. The fourth-order valence-electron chi connectivity index (χ4n) is 2.23. The van der Waals surface area contributed by atoms with Gasteiger partial charge in [0.15, 0.2) is 5.78 Å². The molecule has 1 amide bonds. The molecular formula is C18H19FN2O4S. The van der Waals surface area contributed by atoms with Crippen molar-refractivity contribution in [3.05, 3.63) is 59.9 Å². The lowest BCUT2D eigenvalue weighted by Crippen LogP contribution is -2.29. The fourth-order valence-corrected chi connectivity index (χ4v) is 3.61. The van der Waals surface area contributed by atoms with Gasteiger partial charge in [0.25, 0.3) is 0 Å². The second-order valence-electron chi connectivity index (χ2n) is 5.92. The zero-order valence-electron chi connectivity index (χ0n) is 14.3. The molecular weight excluding hydrogens is 359 g/mol. The van der Waals surface area contributed by atoms with Gasteiger partial charge in [0.1, 0.15) is 5.82 Å². The van der Waals surface area contributed by atoms with E-state index in [1.807, 2.05) is 0 Å². The molecule has 26 heavy (non-hydrogen) atoms. The monoisotopic (exact) mass is 378 g/mol. The quantitative estimate of drug-likeness (QED) is 0.725. The minimum atomic E-state index is -3.83. The lowest BCUT2D eigenvalue weighted by Gasteiger charge is -2.14. The lowest BCUT2D eigenvalue weighted by atomic mass is 10.1. The topological polar surface area (TPSA) is 92.3 Å². The van der Waals surface area contributed by atoms with Gasteiger partial charge in [-0.2, -0.15) is 0 Å². The van der Waals surface area contributed by atoms with E-state index < -0.39 is 33.4 Å². The van der Waals surface area contributed by atoms with Crippen LogP contribution in [-0.4, -0.2) is 25.9 Å². The summed E-state index contributed by atoms with van der Waals surface area (Å²) < 4.78 is 39.7. The molecule has 0 bridgehead atoms. The van der Waals surface area contributed by atoms with Gasteiger partial charge in [0.2, 0.25) is 15.9 Å². The first kappa shape index (κ1) is 19.6. The maximum Gasteiger partial charge on any atom is 0.233 e. The third kappa shape index (κ3) is 5.66. The summed E-state index contributed by atoms with van der Waals surface area (Å²) in [6, 6.07) is 11.3. The van der Waals surface area contributed by atoms with E-state index in [1.165, 1.54) is 32.0 Å². The van der Waals surface area contributed by atoms with Gasteiger partial charge in [0.05, 0.1) is 17.4 Å². The summed E-state index contributed by atoms with van der Waals surface area (Å²) in [5.41, 5.74) is 1.07. The molecule has 0 saturated carbocycles. The maximum absolute atomic E-state index is 13.1. The fraction of sp³-hybridized carbons (Fsp3) is 0.222. The van der Waals surface area contributed by atoms with Crippen LogP contribution in [0.3, 0.4) is 0 Å². The average molecular weight is 378 g/mol. The smallest absolute Gasteiger partial charge is 0.233 e. The first-order valence-electron chi connectivity index (χ1n) is 7.84. The zero-order chi connectivity index (χ0) is 19.3. The van der Waals surface area contributed by atoms with Crippen LogP contribution in [0.2, 0.25) is 0 Å². The van der Waals surface area contributed by atoms with Crippen LogP contribution in [0.1, 0.15) is 24.2 Å². The number of carbonyl (C=O) groups is 2. The van der Waals surface area contributed by atoms with Crippen molar-refractivity contribution < 1.29 is 22.4 Å². The van der Waals surface area contributed by atoms with Crippen LogP contribution in [0.15, 0.2) is 48.5 Å². The molecule has 0 spiro atoms. The molecule has 2 aromatic rings. The molecule has 0 aromatic heterocycles. The Kier molecular flexibility index (Phi) is 6.10. The predicted molar refractivity (Wildman–Crippen MR) is 98.0 cm³/mol. The Bertz CT molecular complexity index is 911. The minimum absolute atomic E-state index is 0.0919. The molecule has 138 valence electrons. The van der Waals surface area contributed by atoms with Crippen molar-refractivity contribution in [3.63, 3.8) is 0 Å². The summed E-state index contributed by atoms with van der Waals surface area (Å²) in [6.07, 6.45) is 0. The Morgan fingerprint density at radius 3 is 2.31 bits per heavy atom. The van der Waals surface area contributed by atoms with Gasteiger partial charge < -0.3 is 5.32 Å². The second kappa shape index (κ2) is 8.09. The van der Waals surface area contributed by atoms with Crippen molar-refractivity contribution in [1.82, 2.24) is 0 Å². The van der Waals surface area contributed by atoms with Gasteiger partial charge in [-0.25, -0.2) is 12.8 Å². The van der Waals surface area contributed by atoms with Crippen molar-refractivity contribution in [2.75, 3.05) is 15.8 Å². The van der Waals surface area contributed by atoms with Gasteiger partial charge in [-0.05, 0) is 49.4 Å². The summed E-state index contributed by atoms with van der Waals surface area (Å²) in [5, 5.41) is 2.60. The highest BCUT2D eigenvalue weighted by Gasteiger charge is 2.22. The van der Waals surface area contributed by atoms with E-state index >= 15 is 0 Å². The Hall–Kier alpha value is -2.74. The van der Waals surface area contributed by atoms with E-state index in [2.05, 4.69) is 10.0 Å². The number of ketones is 1. The molecule has 0 aliphatic rings. The van der Waals surface area contributed by atoms with E-state index in [-0.39, 0.29) is 11.5 Å². The molecule has 0 aliphatic heterocycles. The Morgan fingerprint density at radius 2 is 1.73 bits per heavy atom. The van der Waals surface area contributed by atoms with Crippen molar-refractivity contribution >= 4 is 33.1 Å². The SMILES string of the molecule is CC(=O)c1ccc(NC(=O)C(C)CS(=O)(=O)Nc2cccc(F)c2)cc1. The number of benzene rings is 2. The van der Waals surface area contributed by atoms with E-state index in [4.69, 9.17) is 0 Å². The third-order valence-electron chi connectivity index (χ3n) is 3.57. The van der Waals surface area contributed by atoms with Gasteiger partial charge >= 0.3 is 0 Å². The zero-order valence-corrected chi connectivity index (χ0v) is 15.1. The van der Waals surface area contributed by atoms with Crippen molar-refractivity contribution in [1.29, 1.82) is 0 Å². The van der Waals surface area contributed by atoms with Crippen LogP contribution in [-0.2, 0) is 14.8 Å². The van der Waals surface area contributed by atoms with Gasteiger partial charge in [0, 0.05) is 11.3 Å². The standard InChI is InChI=1S/C18H19FN2O4S/c1-12(11-26(24,25)21-17-5-3-4-15(19)10-17)18(23)20-16-8-6-14(7-9-16)13(2)22/h3-10,12,21H,11H2,1-2H3,(H,20,23). The van der Waals surface area contributed by atoms with Gasteiger partial charge in [-0.1, -0.05) is 13.0 Å². The van der Waals surface area contributed by atoms with E-state index in [1.54, 1.807) is 24.3 Å². The Labute approximate surface area is 151 Å². The number of carbonyl (C=O) groups excluding carboxylic acids is 2. The Morgan fingerprint density at radius 1 is 1.08 bits per heavy atom. The lowest BCUT2D eigenvalue weighted by molar-refractivity contribution is -0.118. The normalized spacial score (nSPS) is 12.3. The second-order valence-corrected chi connectivity index (χ2v) is 7.68. The minimum Gasteiger partial charge on any atom is -0.326 e. The van der Waals surface area contributed by atoms with Crippen LogP contribution in [0.25, 0.3) is 0 Å². The molecule has 2 N–H and O–H groups in total. The van der Waals surface area contributed by atoms with Crippen molar-refractivity contribution in [2.24, 2.45) is 5.92 Å². The molecule has 0 fully saturated rings. The molecule has 8 heteroatoms. The Balaban J connectivity index is 1.98. The van der Waals surface area contributed by atoms with Crippen molar-refractivity contribution in [2.45, 2.75) is 13.8 Å². The number of hydrogen-bond acceptors (Lipinski definition) is 4. The van der Waals surface area contributed by atoms with E-state index in [0.717, 1.165) is 6.07 Å². The average Bonchev–Trinajstić information content (AvgIpc) is 2.54. The summed E-state index contributed by atoms with van der Waals surface area (Å²) in [6.45, 7) is 2.91. The number of Topliss-reactive ketones (excluding diaryl/α,β-unsaturated/α-hetero) is 1. The molecule has 2 aromatic carbocycles. The molecule has 6 nitrogen and oxygen atoms in total. The summed E-state index contributed by atoms with van der Waals surface area (Å²) in [5.74, 6) is -2.43. The highest BCUT2D eigenvalue weighted by molar-refractivity contribution is 7.92. The molecule has 1 unspecified atom stereocenters. The largest absolute Gasteiger partial charge is 0.326 e. The number of halogens is 1. The summed E-state index contributed by atoms with van der Waals surface area (Å²) >= 11 is 0. The number of anilines is 2. The maximum atomic E-state index is 13.1. The van der Waals surface area contributed by atoms with Gasteiger partial charge in [-0.3, -0.25) is 14.3 Å². The number of nitrogens with one attached hydrogen (secondary N) is 2. The summed E-state index contributed by atoms with van der Waals surface area (Å²) in [4.78, 5) is 23.4. The molecule has 0 radical (unpaired) electrons.